The lowest BCUT2D eigenvalue weighted by Gasteiger charge is -2.29. The number of nitro groups is 1. The summed E-state index contributed by atoms with van der Waals surface area (Å²) < 4.78 is 27.5. The number of nitro benzene ring substituents is 1. The molecule has 1 fully saturated rings. The molecule has 0 heterocycles. The van der Waals surface area contributed by atoms with Gasteiger partial charge in [-0.3, -0.25) is 10.1 Å². The number of nitrogens with one attached hydrogen (secondary N) is 1. The van der Waals surface area contributed by atoms with E-state index in [1.807, 2.05) is 6.92 Å². The minimum Gasteiger partial charge on any atom is -0.258 e. The van der Waals surface area contributed by atoms with Crippen LogP contribution >= 0.6 is 11.6 Å². The first-order valence-corrected chi connectivity index (χ1v) is 8.63. The summed E-state index contributed by atoms with van der Waals surface area (Å²) in [5, 5.41) is 10.8. The molecule has 6 nitrogen and oxygen atoms in total. The van der Waals surface area contributed by atoms with Gasteiger partial charge in [0.15, 0.2) is 0 Å². The van der Waals surface area contributed by atoms with Crippen LogP contribution in [0.4, 0.5) is 5.69 Å². The van der Waals surface area contributed by atoms with Crippen LogP contribution in [0.1, 0.15) is 32.6 Å². The summed E-state index contributed by atoms with van der Waals surface area (Å²) in [6.07, 6.45) is 3.81. The summed E-state index contributed by atoms with van der Waals surface area (Å²) >= 11 is 5.90. The van der Waals surface area contributed by atoms with Crippen molar-refractivity contribution in [3.63, 3.8) is 0 Å². The van der Waals surface area contributed by atoms with Gasteiger partial charge in [-0.2, -0.15) is 0 Å². The van der Waals surface area contributed by atoms with Gasteiger partial charge in [-0.25, -0.2) is 13.1 Å². The van der Waals surface area contributed by atoms with E-state index < -0.39 is 14.9 Å². The van der Waals surface area contributed by atoms with Gasteiger partial charge in [-0.05, 0) is 24.8 Å². The molecule has 0 aromatic heterocycles. The summed E-state index contributed by atoms with van der Waals surface area (Å²) in [6.45, 7) is 2.00. The Bertz CT molecular complexity index is 648. The molecule has 1 N–H and O–H groups in total. The van der Waals surface area contributed by atoms with Crippen LogP contribution in [0.15, 0.2) is 23.1 Å². The first kappa shape index (κ1) is 16.2. The largest absolute Gasteiger partial charge is 0.270 e. The highest BCUT2D eigenvalue weighted by molar-refractivity contribution is 7.89. The molecule has 21 heavy (non-hydrogen) atoms. The van der Waals surface area contributed by atoms with Gasteiger partial charge in [0, 0.05) is 18.2 Å². The number of nitrogens with zero attached hydrogens (tertiary/aromatic N) is 1. The van der Waals surface area contributed by atoms with Crippen molar-refractivity contribution in [1.82, 2.24) is 4.72 Å². The number of halogens is 1. The molecule has 0 saturated heterocycles. The molecule has 2 rings (SSSR count). The van der Waals surface area contributed by atoms with E-state index in [9.17, 15) is 18.5 Å². The molecular formula is C13H17ClN2O4S. The number of non-ortho nitro benzene ring substituents is 1. The van der Waals surface area contributed by atoms with Gasteiger partial charge in [0.2, 0.25) is 10.0 Å². The summed E-state index contributed by atoms with van der Waals surface area (Å²) in [6, 6.07) is 3.26. The summed E-state index contributed by atoms with van der Waals surface area (Å²) in [5.74, 6) is 0.242. The standard InChI is InChI=1S/C13H17ClN2O4S/c1-9-4-2-3-5-12(9)15-21(19,20)13-8-10(16(17)18)6-7-11(13)14/h6-9,12,15H,2-5H2,1H3. The fourth-order valence-corrected chi connectivity index (χ4v) is 4.46. The Morgan fingerprint density at radius 3 is 2.62 bits per heavy atom. The minimum absolute atomic E-state index is 0.0171. The van der Waals surface area contributed by atoms with Crippen molar-refractivity contribution in [3.8, 4) is 0 Å². The number of benzene rings is 1. The molecule has 116 valence electrons. The van der Waals surface area contributed by atoms with Crippen molar-refractivity contribution in [2.45, 2.75) is 43.5 Å². The van der Waals surface area contributed by atoms with Crippen LogP contribution in [0.5, 0.6) is 0 Å². The summed E-state index contributed by atoms with van der Waals surface area (Å²) in [5.41, 5.74) is -0.295. The van der Waals surface area contributed by atoms with Crippen LogP contribution in [-0.2, 0) is 10.0 Å². The normalized spacial score (nSPS) is 23.0. The van der Waals surface area contributed by atoms with Crippen molar-refractivity contribution in [1.29, 1.82) is 0 Å². The highest BCUT2D eigenvalue weighted by Gasteiger charge is 2.29. The van der Waals surface area contributed by atoms with E-state index in [4.69, 9.17) is 11.6 Å². The van der Waals surface area contributed by atoms with Gasteiger partial charge < -0.3 is 0 Å². The van der Waals surface area contributed by atoms with Gasteiger partial charge in [0.1, 0.15) is 4.90 Å². The van der Waals surface area contributed by atoms with Crippen LogP contribution < -0.4 is 4.72 Å². The molecule has 8 heteroatoms. The van der Waals surface area contributed by atoms with Crippen molar-refractivity contribution in [2.75, 3.05) is 0 Å². The van der Waals surface area contributed by atoms with E-state index in [-0.39, 0.29) is 27.6 Å². The predicted octanol–water partition coefficient (Wildman–Crippen LogP) is 3.11. The topological polar surface area (TPSA) is 89.3 Å². The van der Waals surface area contributed by atoms with Gasteiger partial charge >= 0.3 is 0 Å². The summed E-state index contributed by atoms with van der Waals surface area (Å²) in [4.78, 5) is 9.90. The maximum absolute atomic E-state index is 12.4. The second kappa shape index (κ2) is 6.29. The first-order chi connectivity index (χ1) is 9.81. The highest BCUT2D eigenvalue weighted by atomic mass is 35.5. The fraction of sp³-hybridized carbons (Fsp3) is 0.538. The Morgan fingerprint density at radius 2 is 2.00 bits per heavy atom. The van der Waals surface area contributed by atoms with Crippen LogP contribution in [0.25, 0.3) is 0 Å². The van der Waals surface area contributed by atoms with Crippen molar-refractivity contribution < 1.29 is 13.3 Å². The van der Waals surface area contributed by atoms with Crippen LogP contribution in [0, 0.1) is 16.0 Å². The maximum atomic E-state index is 12.4. The lowest BCUT2D eigenvalue weighted by Crippen LogP contribution is -2.41. The van der Waals surface area contributed by atoms with E-state index in [0.717, 1.165) is 31.7 Å². The van der Waals surface area contributed by atoms with Crippen LogP contribution in [-0.4, -0.2) is 19.4 Å². The molecule has 0 amide bonds. The third kappa shape index (κ3) is 3.72. The Balaban J connectivity index is 2.30. The van der Waals surface area contributed by atoms with Crippen LogP contribution in [0.2, 0.25) is 5.02 Å². The average molecular weight is 333 g/mol. The minimum atomic E-state index is -3.87. The smallest absolute Gasteiger partial charge is 0.258 e. The van der Waals surface area contributed by atoms with Gasteiger partial charge in [-0.15, -0.1) is 0 Å². The molecule has 1 aromatic carbocycles. The zero-order valence-electron chi connectivity index (χ0n) is 11.6. The average Bonchev–Trinajstić information content (AvgIpc) is 2.41. The number of hydrogen-bond acceptors (Lipinski definition) is 4. The lowest BCUT2D eigenvalue weighted by molar-refractivity contribution is -0.385. The molecule has 1 aliphatic rings. The Labute approximate surface area is 128 Å². The van der Waals surface area contributed by atoms with E-state index in [0.29, 0.717) is 0 Å². The molecule has 1 aliphatic carbocycles. The molecule has 0 aliphatic heterocycles. The molecular weight excluding hydrogens is 316 g/mol. The number of hydrogen-bond donors (Lipinski definition) is 1. The molecule has 2 unspecified atom stereocenters. The second-order valence-corrected chi connectivity index (χ2v) is 7.45. The highest BCUT2D eigenvalue weighted by Crippen LogP contribution is 2.29. The molecule has 0 bridgehead atoms. The number of rotatable bonds is 4. The Kier molecular flexibility index (Phi) is 4.85. The van der Waals surface area contributed by atoms with E-state index in [2.05, 4.69) is 4.72 Å². The Morgan fingerprint density at radius 1 is 1.33 bits per heavy atom. The van der Waals surface area contributed by atoms with Crippen molar-refractivity contribution in [3.05, 3.63) is 33.3 Å². The second-order valence-electron chi connectivity index (χ2n) is 5.36. The van der Waals surface area contributed by atoms with Crippen molar-refractivity contribution >= 4 is 27.3 Å². The molecule has 0 spiro atoms. The van der Waals surface area contributed by atoms with E-state index >= 15 is 0 Å². The lowest BCUT2D eigenvalue weighted by atomic mass is 9.87. The van der Waals surface area contributed by atoms with Gasteiger partial charge in [0.25, 0.3) is 5.69 Å². The quantitative estimate of drug-likeness (QED) is 0.677. The zero-order chi connectivity index (χ0) is 15.6. The van der Waals surface area contributed by atoms with E-state index in [1.165, 1.54) is 12.1 Å². The first-order valence-electron chi connectivity index (χ1n) is 6.77. The zero-order valence-corrected chi connectivity index (χ0v) is 13.2. The molecule has 1 aromatic rings. The fourth-order valence-electron chi connectivity index (χ4n) is 2.57. The summed E-state index contributed by atoms with van der Waals surface area (Å²) in [7, 11) is -3.87. The third-order valence-corrected chi connectivity index (χ3v) is 5.80. The van der Waals surface area contributed by atoms with Gasteiger partial charge in [-0.1, -0.05) is 31.4 Å². The SMILES string of the molecule is CC1CCCCC1NS(=O)(=O)c1cc([N+](=O)[O-])ccc1Cl. The number of sulfonamides is 1. The van der Waals surface area contributed by atoms with Crippen LogP contribution in [0.3, 0.4) is 0 Å². The maximum Gasteiger partial charge on any atom is 0.270 e. The molecule has 1 saturated carbocycles. The van der Waals surface area contributed by atoms with Gasteiger partial charge in [0.05, 0.1) is 9.95 Å². The monoisotopic (exact) mass is 332 g/mol. The molecule has 2 atom stereocenters. The molecule has 0 radical (unpaired) electrons. The van der Waals surface area contributed by atoms with Crippen molar-refractivity contribution in [2.24, 2.45) is 5.92 Å². The predicted molar refractivity (Wildman–Crippen MR) is 79.8 cm³/mol. The van der Waals surface area contributed by atoms with E-state index in [1.54, 1.807) is 0 Å². The Hall–Kier alpha value is -1.18. The third-order valence-electron chi connectivity index (χ3n) is 3.83.